The fourth-order valence-electron chi connectivity index (χ4n) is 2.60. The maximum Gasteiger partial charge on any atom is 0.407 e. The lowest BCUT2D eigenvalue weighted by atomic mass is 10.0. The van der Waals surface area contributed by atoms with E-state index >= 15 is 0 Å². The molecule has 2 unspecified atom stereocenters. The summed E-state index contributed by atoms with van der Waals surface area (Å²) >= 11 is 0. The Labute approximate surface area is 157 Å². The Kier molecular flexibility index (Phi) is 7.27. The molecule has 1 aliphatic heterocycles. The lowest BCUT2D eigenvalue weighted by Gasteiger charge is -2.26. The average Bonchev–Trinajstić information content (AvgIpc) is 2.64. The summed E-state index contributed by atoms with van der Waals surface area (Å²) in [6, 6.07) is 3.69. The van der Waals surface area contributed by atoms with E-state index in [4.69, 9.17) is 4.74 Å². The van der Waals surface area contributed by atoms with Gasteiger partial charge in [0.2, 0.25) is 11.7 Å². The Bertz CT molecular complexity index is 692. The third-order valence-corrected chi connectivity index (χ3v) is 4.12. The van der Waals surface area contributed by atoms with Crippen LogP contribution < -0.4 is 16.0 Å². The summed E-state index contributed by atoms with van der Waals surface area (Å²) in [7, 11) is 0. The Morgan fingerprint density at radius 2 is 2.11 bits per heavy atom. The van der Waals surface area contributed by atoms with Crippen molar-refractivity contribution in [1.82, 2.24) is 20.9 Å². The van der Waals surface area contributed by atoms with E-state index in [2.05, 4.69) is 20.9 Å². The molecule has 1 fully saturated rings. The van der Waals surface area contributed by atoms with Crippen molar-refractivity contribution >= 4 is 23.7 Å². The van der Waals surface area contributed by atoms with E-state index in [1.54, 1.807) is 26.1 Å². The van der Waals surface area contributed by atoms with Crippen molar-refractivity contribution in [3.63, 3.8) is 0 Å². The van der Waals surface area contributed by atoms with Gasteiger partial charge in [-0.05, 0) is 24.5 Å². The fourth-order valence-corrected chi connectivity index (χ4v) is 2.60. The molecule has 1 aromatic heterocycles. The molecule has 1 saturated heterocycles. The second-order valence-electron chi connectivity index (χ2n) is 6.54. The van der Waals surface area contributed by atoms with Gasteiger partial charge in [0.1, 0.15) is 6.04 Å². The number of alkyl carbamates (subject to hydrolysis) is 1. The van der Waals surface area contributed by atoms with Crippen molar-refractivity contribution in [2.75, 3.05) is 13.2 Å². The molecule has 146 valence electrons. The van der Waals surface area contributed by atoms with Crippen LogP contribution >= 0.6 is 0 Å². The Hall–Kier alpha value is -2.97. The van der Waals surface area contributed by atoms with Gasteiger partial charge in [-0.15, -0.1) is 0 Å². The number of nitrogens with one attached hydrogen (secondary N) is 3. The topological polar surface area (TPSA) is 126 Å². The molecular weight excluding hydrogens is 352 g/mol. The molecule has 1 aliphatic rings. The van der Waals surface area contributed by atoms with Gasteiger partial charge in [0.15, 0.2) is 0 Å². The summed E-state index contributed by atoms with van der Waals surface area (Å²) in [5.41, 5.74) is 0.789. The zero-order chi connectivity index (χ0) is 19.8. The molecule has 0 spiro atoms. The molecule has 0 radical (unpaired) electrons. The van der Waals surface area contributed by atoms with Crippen LogP contribution in [0.3, 0.4) is 0 Å². The highest BCUT2D eigenvalue weighted by Crippen LogP contribution is 2.06. The van der Waals surface area contributed by atoms with Gasteiger partial charge in [-0.25, -0.2) is 4.79 Å². The minimum atomic E-state index is -0.884. The number of aromatic nitrogens is 1. The number of rotatable bonds is 7. The maximum atomic E-state index is 12.5. The number of hydrogen-bond donors (Lipinski definition) is 3. The lowest BCUT2D eigenvalue weighted by molar-refractivity contribution is -0.142. The van der Waals surface area contributed by atoms with Crippen LogP contribution in [0.2, 0.25) is 0 Å². The third-order valence-electron chi connectivity index (χ3n) is 4.12. The number of piperidine rings is 1. The van der Waals surface area contributed by atoms with Gasteiger partial charge in [0.25, 0.3) is 5.91 Å². The number of pyridine rings is 1. The molecule has 0 aromatic carbocycles. The van der Waals surface area contributed by atoms with E-state index in [0.29, 0.717) is 19.4 Å². The Morgan fingerprint density at radius 1 is 1.33 bits per heavy atom. The van der Waals surface area contributed by atoms with E-state index in [1.807, 2.05) is 12.1 Å². The second kappa shape index (κ2) is 9.65. The highest BCUT2D eigenvalue weighted by Gasteiger charge is 2.33. The molecule has 2 atom stereocenters. The molecular formula is C18H24N4O5. The van der Waals surface area contributed by atoms with Crippen molar-refractivity contribution < 1.29 is 23.9 Å². The van der Waals surface area contributed by atoms with Crippen LogP contribution in [-0.2, 0) is 25.5 Å². The molecule has 0 saturated carbocycles. The first-order chi connectivity index (χ1) is 12.9. The van der Waals surface area contributed by atoms with Crippen molar-refractivity contribution in [3.05, 3.63) is 30.1 Å². The van der Waals surface area contributed by atoms with Crippen molar-refractivity contribution in [3.8, 4) is 0 Å². The van der Waals surface area contributed by atoms with Crippen LogP contribution in [0.15, 0.2) is 24.4 Å². The number of ketones is 1. The van der Waals surface area contributed by atoms with E-state index in [1.165, 1.54) is 0 Å². The number of hydrogen-bond acceptors (Lipinski definition) is 6. The lowest BCUT2D eigenvalue weighted by Crippen LogP contribution is -2.58. The number of carbonyl (C=O) groups excluding carboxylic acids is 4. The standard InChI is InChI=1S/C18H24N4O5/c1-11(2)14(16(24)21-13-6-9-20-17(25)15(13)23)22-18(26)27-10-7-12-5-3-4-8-19-12/h3-5,8,11,13-14H,6-7,9-10H2,1-2H3,(H,20,25)(H,21,24)(H,22,26). The van der Waals surface area contributed by atoms with Crippen molar-refractivity contribution in [2.24, 2.45) is 5.92 Å². The molecule has 2 rings (SSSR count). The summed E-state index contributed by atoms with van der Waals surface area (Å²) < 4.78 is 5.10. The first-order valence-electron chi connectivity index (χ1n) is 8.84. The third kappa shape index (κ3) is 6.05. The highest BCUT2D eigenvalue weighted by molar-refractivity contribution is 6.39. The van der Waals surface area contributed by atoms with E-state index in [9.17, 15) is 19.2 Å². The zero-order valence-electron chi connectivity index (χ0n) is 15.4. The predicted octanol–water partition coefficient (Wildman–Crippen LogP) is -0.0513. The molecule has 9 nitrogen and oxygen atoms in total. The molecule has 2 heterocycles. The number of amides is 3. The summed E-state index contributed by atoms with van der Waals surface area (Å²) in [4.78, 5) is 51.8. The average molecular weight is 376 g/mol. The monoisotopic (exact) mass is 376 g/mol. The first kappa shape index (κ1) is 20.3. The van der Waals surface area contributed by atoms with Gasteiger partial charge in [0.05, 0.1) is 12.6 Å². The quantitative estimate of drug-likeness (QED) is 0.573. The van der Waals surface area contributed by atoms with Gasteiger partial charge in [0, 0.05) is 24.9 Å². The summed E-state index contributed by atoms with van der Waals surface area (Å²) in [6.07, 6.45) is 1.70. The van der Waals surface area contributed by atoms with Crippen molar-refractivity contribution in [1.29, 1.82) is 0 Å². The molecule has 3 N–H and O–H groups in total. The first-order valence-corrected chi connectivity index (χ1v) is 8.84. The second-order valence-corrected chi connectivity index (χ2v) is 6.54. The van der Waals surface area contributed by atoms with E-state index in [-0.39, 0.29) is 12.5 Å². The number of ether oxygens (including phenoxy) is 1. The summed E-state index contributed by atoms with van der Waals surface area (Å²) in [5.74, 6) is -2.16. The minimum Gasteiger partial charge on any atom is -0.449 e. The Morgan fingerprint density at radius 3 is 2.78 bits per heavy atom. The summed E-state index contributed by atoms with van der Waals surface area (Å²) in [5, 5.41) is 7.47. The molecule has 3 amide bonds. The van der Waals surface area contributed by atoms with Gasteiger partial charge < -0.3 is 20.7 Å². The summed E-state index contributed by atoms with van der Waals surface area (Å²) in [6.45, 7) is 3.95. The van der Waals surface area contributed by atoms with Gasteiger partial charge in [-0.2, -0.15) is 0 Å². The largest absolute Gasteiger partial charge is 0.449 e. The van der Waals surface area contributed by atoms with Crippen LogP contribution in [0.5, 0.6) is 0 Å². The Balaban J connectivity index is 1.84. The number of carbonyl (C=O) groups is 4. The fraction of sp³-hybridized carbons (Fsp3) is 0.500. The van der Waals surface area contributed by atoms with Crippen LogP contribution in [0.1, 0.15) is 26.0 Å². The van der Waals surface area contributed by atoms with E-state index in [0.717, 1.165) is 5.69 Å². The SMILES string of the molecule is CC(C)C(NC(=O)OCCc1ccccn1)C(=O)NC1CCNC(=O)C1=O. The van der Waals surface area contributed by atoms with Crippen LogP contribution in [-0.4, -0.2) is 53.9 Å². The van der Waals surface area contributed by atoms with Gasteiger partial charge in [-0.1, -0.05) is 19.9 Å². The predicted molar refractivity (Wildman–Crippen MR) is 95.6 cm³/mol. The van der Waals surface area contributed by atoms with Crippen LogP contribution in [0.25, 0.3) is 0 Å². The van der Waals surface area contributed by atoms with Crippen LogP contribution in [0, 0.1) is 5.92 Å². The number of Topliss-reactive ketones (excluding diaryl/α,β-unsaturated/α-hetero) is 1. The van der Waals surface area contributed by atoms with Crippen LogP contribution in [0.4, 0.5) is 4.79 Å². The molecule has 1 aromatic rings. The van der Waals surface area contributed by atoms with Gasteiger partial charge >= 0.3 is 6.09 Å². The number of nitrogens with zero attached hydrogens (tertiary/aromatic N) is 1. The molecule has 9 heteroatoms. The van der Waals surface area contributed by atoms with Gasteiger partial charge in [-0.3, -0.25) is 19.4 Å². The van der Waals surface area contributed by atoms with E-state index < -0.39 is 35.8 Å². The van der Waals surface area contributed by atoms with Crippen molar-refractivity contribution in [2.45, 2.75) is 38.8 Å². The minimum absolute atomic E-state index is 0.122. The smallest absolute Gasteiger partial charge is 0.407 e. The molecule has 0 bridgehead atoms. The molecule has 0 aliphatic carbocycles. The molecule has 27 heavy (non-hydrogen) atoms. The normalized spacial score (nSPS) is 17.8. The maximum absolute atomic E-state index is 12.5. The highest BCUT2D eigenvalue weighted by atomic mass is 16.5. The zero-order valence-corrected chi connectivity index (χ0v) is 15.4.